The van der Waals surface area contributed by atoms with Crippen molar-refractivity contribution in [3.05, 3.63) is 78.1 Å². The fourth-order valence-corrected chi connectivity index (χ4v) is 3.43. The molecule has 2 aromatic carbocycles. The minimum Gasteiger partial charge on any atom is -0.368 e. The van der Waals surface area contributed by atoms with Gasteiger partial charge in [-0.3, -0.25) is 0 Å². The molecular formula is C23H26N6. The van der Waals surface area contributed by atoms with Gasteiger partial charge in [0, 0.05) is 36.2 Å². The van der Waals surface area contributed by atoms with Crippen molar-refractivity contribution >= 4 is 22.7 Å². The lowest BCUT2D eigenvalue weighted by atomic mass is 10.1. The van der Waals surface area contributed by atoms with Crippen LogP contribution >= 0.6 is 0 Å². The van der Waals surface area contributed by atoms with Crippen molar-refractivity contribution in [2.45, 2.75) is 32.9 Å². The third kappa shape index (κ3) is 4.54. The Balaban J connectivity index is 1.43. The number of H-pyrrole nitrogens is 1. The molecule has 0 fully saturated rings. The van der Waals surface area contributed by atoms with Crippen molar-refractivity contribution in [1.82, 2.24) is 20.2 Å². The number of benzene rings is 2. The van der Waals surface area contributed by atoms with E-state index >= 15 is 0 Å². The summed E-state index contributed by atoms with van der Waals surface area (Å²) in [6, 6.07) is 19.0. The number of para-hydroxylation sites is 1. The van der Waals surface area contributed by atoms with Crippen LogP contribution in [0.3, 0.4) is 0 Å². The number of aromatic amines is 1. The van der Waals surface area contributed by atoms with E-state index < -0.39 is 0 Å². The van der Waals surface area contributed by atoms with Gasteiger partial charge in [-0.25, -0.2) is 0 Å². The Labute approximate surface area is 171 Å². The Bertz CT molecular complexity index is 1060. The van der Waals surface area contributed by atoms with Crippen molar-refractivity contribution in [2.24, 2.45) is 0 Å². The SMILES string of the molecule is CC(C)N(Cc1ccccc1)c1nncc(NCCc2c[nH]c3ccccc23)n1. The number of nitrogens with zero attached hydrogens (tertiary/aromatic N) is 4. The molecule has 0 atom stereocenters. The summed E-state index contributed by atoms with van der Waals surface area (Å²) in [5.41, 5.74) is 3.69. The molecule has 0 saturated heterocycles. The maximum Gasteiger partial charge on any atom is 0.247 e. The van der Waals surface area contributed by atoms with E-state index in [0.717, 1.165) is 25.3 Å². The van der Waals surface area contributed by atoms with E-state index in [4.69, 9.17) is 4.98 Å². The molecule has 4 rings (SSSR count). The average Bonchev–Trinajstić information content (AvgIpc) is 3.16. The van der Waals surface area contributed by atoms with E-state index in [0.29, 0.717) is 5.95 Å². The lowest BCUT2D eigenvalue weighted by molar-refractivity contribution is 0.652. The van der Waals surface area contributed by atoms with Crippen LogP contribution in [0.25, 0.3) is 10.9 Å². The molecule has 0 aliphatic carbocycles. The summed E-state index contributed by atoms with van der Waals surface area (Å²) < 4.78 is 0. The summed E-state index contributed by atoms with van der Waals surface area (Å²) >= 11 is 0. The Hall–Kier alpha value is -3.41. The molecule has 2 heterocycles. The van der Waals surface area contributed by atoms with Crippen LogP contribution < -0.4 is 10.2 Å². The largest absolute Gasteiger partial charge is 0.368 e. The van der Waals surface area contributed by atoms with E-state index in [1.807, 2.05) is 12.1 Å². The number of nitrogens with one attached hydrogen (secondary N) is 2. The fourth-order valence-electron chi connectivity index (χ4n) is 3.43. The fraction of sp³-hybridized carbons (Fsp3) is 0.261. The lowest BCUT2D eigenvalue weighted by Gasteiger charge is -2.26. The highest BCUT2D eigenvalue weighted by molar-refractivity contribution is 5.83. The first-order valence-corrected chi connectivity index (χ1v) is 10.00. The predicted octanol–water partition coefficient (Wildman–Crippen LogP) is 4.42. The average molecular weight is 387 g/mol. The normalized spacial score (nSPS) is 11.1. The Morgan fingerprint density at radius 1 is 1.03 bits per heavy atom. The maximum absolute atomic E-state index is 4.71. The molecule has 6 nitrogen and oxygen atoms in total. The van der Waals surface area contributed by atoms with Gasteiger partial charge in [0.1, 0.15) is 0 Å². The number of hydrogen-bond donors (Lipinski definition) is 2. The molecule has 6 heteroatoms. The molecule has 2 N–H and O–H groups in total. The second kappa shape index (κ2) is 8.73. The van der Waals surface area contributed by atoms with Crippen molar-refractivity contribution in [2.75, 3.05) is 16.8 Å². The van der Waals surface area contributed by atoms with Crippen LogP contribution in [0, 0.1) is 0 Å². The molecule has 0 amide bonds. The summed E-state index contributed by atoms with van der Waals surface area (Å²) in [4.78, 5) is 10.2. The van der Waals surface area contributed by atoms with Gasteiger partial charge in [0.05, 0.1) is 6.20 Å². The second-order valence-corrected chi connectivity index (χ2v) is 7.39. The number of rotatable bonds is 8. The lowest BCUT2D eigenvalue weighted by Crippen LogP contribution is -2.32. The van der Waals surface area contributed by atoms with Gasteiger partial charge < -0.3 is 15.2 Å². The molecule has 0 unspecified atom stereocenters. The van der Waals surface area contributed by atoms with Crippen LogP contribution in [0.15, 0.2) is 67.0 Å². The Morgan fingerprint density at radius 2 is 1.83 bits per heavy atom. The Morgan fingerprint density at radius 3 is 2.66 bits per heavy atom. The van der Waals surface area contributed by atoms with Crippen molar-refractivity contribution in [3.8, 4) is 0 Å². The molecule has 148 valence electrons. The first kappa shape index (κ1) is 18.9. The van der Waals surface area contributed by atoms with E-state index in [9.17, 15) is 0 Å². The molecule has 0 bridgehead atoms. The first-order valence-electron chi connectivity index (χ1n) is 10.00. The van der Waals surface area contributed by atoms with E-state index in [1.54, 1.807) is 6.20 Å². The van der Waals surface area contributed by atoms with Gasteiger partial charge in [-0.05, 0) is 37.5 Å². The summed E-state index contributed by atoms with van der Waals surface area (Å²) in [5.74, 6) is 1.38. The second-order valence-electron chi connectivity index (χ2n) is 7.39. The standard InChI is InChI=1S/C23H26N6/c1-17(2)29(16-18-8-4-3-5-9-18)23-27-22(15-26-28-23)24-13-12-19-14-25-21-11-7-6-10-20(19)21/h3-11,14-15,17,25H,12-13,16H2,1-2H3,(H,24,27,28). The van der Waals surface area contributed by atoms with Gasteiger partial charge in [0.2, 0.25) is 5.95 Å². The van der Waals surface area contributed by atoms with Crippen LogP contribution in [0.4, 0.5) is 11.8 Å². The van der Waals surface area contributed by atoms with Gasteiger partial charge >= 0.3 is 0 Å². The molecule has 0 radical (unpaired) electrons. The topological polar surface area (TPSA) is 69.7 Å². The van der Waals surface area contributed by atoms with Gasteiger partial charge in [-0.2, -0.15) is 10.1 Å². The quantitative estimate of drug-likeness (QED) is 0.469. The van der Waals surface area contributed by atoms with Gasteiger partial charge in [0.15, 0.2) is 5.82 Å². The molecule has 4 aromatic rings. The maximum atomic E-state index is 4.71. The molecule has 2 aromatic heterocycles. The number of hydrogen-bond acceptors (Lipinski definition) is 5. The summed E-state index contributed by atoms with van der Waals surface area (Å²) in [7, 11) is 0. The van der Waals surface area contributed by atoms with Crippen molar-refractivity contribution < 1.29 is 0 Å². The summed E-state index contributed by atoms with van der Waals surface area (Å²) in [6.07, 6.45) is 4.66. The number of anilines is 2. The highest BCUT2D eigenvalue weighted by Gasteiger charge is 2.15. The predicted molar refractivity (Wildman–Crippen MR) is 118 cm³/mol. The number of fused-ring (bicyclic) bond motifs is 1. The van der Waals surface area contributed by atoms with Crippen molar-refractivity contribution in [3.63, 3.8) is 0 Å². The highest BCUT2D eigenvalue weighted by Crippen LogP contribution is 2.19. The van der Waals surface area contributed by atoms with Gasteiger partial charge in [-0.15, -0.1) is 5.10 Å². The van der Waals surface area contributed by atoms with E-state index in [1.165, 1.54) is 22.0 Å². The zero-order valence-electron chi connectivity index (χ0n) is 16.8. The van der Waals surface area contributed by atoms with Gasteiger partial charge in [0.25, 0.3) is 0 Å². The Kier molecular flexibility index (Phi) is 5.70. The minimum atomic E-state index is 0.262. The molecule has 29 heavy (non-hydrogen) atoms. The zero-order valence-corrected chi connectivity index (χ0v) is 16.8. The third-order valence-corrected chi connectivity index (χ3v) is 5.00. The summed E-state index contributed by atoms with van der Waals surface area (Å²) in [6.45, 7) is 5.81. The number of aromatic nitrogens is 4. The van der Waals surface area contributed by atoms with E-state index in [2.05, 4.69) is 87.9 Å². The zero-order chi connectivity index (χ0) is 20.1. The third-order valence-electron chi connectivity index (χ3n) is 5.00. The monoisotopic (exact) mass is 386 g/mol. The molecular weight excluding hydrogens is 360 g/mol. The van der Waals surface area contributed by atoms with Crippen LogP contribution in [0.2, 0.25) is 0 Å². The minimum absolute atomic E-state index is 0.262. The molecule has 0 aliphatic rings. The molecule has 0 aliphatic heterocycles. The first-order chi connectivity index (χ1) is 14.2. The van der Waals surface area contributed by atoms with E-state index in [-0.39, 0.29) is 6.04 Å². The van der Waals surface area contributed by atoms with Crippen LogP contribution in [0.1, 0.15) is 25.0 Å². The van der Waals surface area contributed by atoms with Crippen LogP contribution in [-0.2, 0) is 13.0 Å². The van der Waals surface area contributed by atoms with Crippen LogP contribution in [0.5, 0.6) is 0 Å². The van der Waals surface area contributed by atoms with Gasteiger partial charge in [-0.1, -0.05) is 48.5 Å². The molecule has 0 saturated carbocycles. The molecule has 0 spiro atoms. The van der Waals surface area contributed by atoms with Crippen LogP contribution in [-0.4, -0.2) is 32.8 Å². The highest BCUT2D eigenvalue weighted by atomic mass is 15.3. The smallest absolute Gasteiger partial charge is 0.247 e. The summed E-state index contributed by atoms with van der Waals surface area (Å²) in [5, 5.41) is 13.1. The van der Waals surface area contributed by atoms with Crippen molar-refractivity contribution in [1.29, 1.82) is 0 Å².